The number of rotatable bonds is 8. The molecule has 12 N–H and O–H groups in total. The van der Waals surface area contributed by atoms with E-state index in [0.29, 0.717) is 16.9 Å². The quantitative estimate of drug-likeness (QED) is 0.0886. The van der Waals surface area contributed by atoms with Gasteiger partial charge in [0.05, 0.1) is 6.10 Å². The number of nitrogen functional groups attached to an aromatic ring is 1. The molecule has 1 aromatic heterocycles. The summed E-state index contributed by atoms with van der Waals surface area (Å²) in [6.45, 7) is 4.03. The van der Waals surface area contributed by atoms with Gasteiger partial charge >= 0.3 is 0 Å². The van der Waals surface area contributed by atoms with Crippen LogP contribution in [0.4, 0.5) is 5.82 Å². The molecular formula is C17H28N8O3S2. The number of nitrogens with zero attached hydrogens (tertiary/aromatic N) is 2. The first-order valence-electron chi connectivity index (χ1n) is 8.90. The molecule has 1 unspecified atom stereocenters. The van der Waals surface area contributed by atoms with Crippen LogP contribution in [-0.2, 0) is 10.0 Å². The smallest absolute Gasteiger partial charge is 0.239 e. The van der Waals surface area contributed by atoms with Crippen molar-refractivity contribution in [3.8, 4) is 11.1 Å². The number of pyridine rings is 1. The van der Waals surface area contributed by atoms with Crippen LogP contribution < -0.4 is 33.7 Å². The average Bonchev–Trinajstić information content (AvgIpc) is 2.72. The number of hydrazine groups is 1. The van der Waals surface area contributed by atoms with E-state index in [1.807, 2.05) is 19.4 Å². The molecule has 0 saturated heterocycles. The summed E-state index contributed by atoms with van der Waals surface area (Å²) in [5.74, 6) is 5.47. The molecule has 1 atom stereocenters. The maximum Gasteiger partial charge on any atom is 0.239 e. The lowest BCUT2D eigenvalue weighted by atomic mass is 10.00. The van der Waals surface area contributed by atoms with E-state index in [4.69, 9.17) is 28.2 Å². The molecule has 1 heterocycles. The zero-order valence-electron chi connectivity index (χ0n) is 16.7. The minimum atomic E-state index is -4.23. The molecule has 0 aliphatic carbocycles. The van der Waals surface area contributed by atoms with Gasteiger partial charge in [-0.3, -0.25) is 0 Å². The molecule has 166 valence electrons. The Bertz CT molecular complexity index is 966. The number of nitrogens with one attached hydrogen (secondary N) is 1. The normalized spacial score (nSPS) is 12.7. The van der Waals surface area contributed by atoms with Gasteiger partial charge in [0.25, 0.3) is 0 Å². The number of sulfonamides is 1. The monoisotopic (exact) mass is 456 g/mol. The minimum Gasteiger partial charge on any atom is -0.391 e. The van der Waals surface area contributed by atoms with Crippen LogP contribution in [-0.4, -0.2) is 42.7 Å². The van der Waals surface area contributed by atoms with Gasteiger partial charge in [0.2, 0.25) is 10.0 Å². The lowest BCUT2D eigenvalue weighted by Crippen LogP contribution is -2.27. The van der Waals surface area contributed by atoms with Crippen LogP contribution in [0.3, 0.4) is 0 Å². The van der Waals surface area contributed by atoms with E-state index < -0.39 is 16.1 Å². The molecule has 2 rings (SSSR count). The van der Waals surface area contributed by atoms with Crippen molar-refractivity contribution in [2.75, 3.05) is 18.0 Å². The van der Waals surface area contributed by atoms with Crippen molar-refractivity contribution in [3.05, 3.63) is 36.0 Å². The number of amidine groups is 1. The number of hydrazone groups is 1. The Hall–Kier alpha value is -2.42. The Morgan fingerprint density at radius 2 is 1.97 bits per heavy atom. The summed E-state index contributed by atoms with van der Waals surface area (Å²) in [5.41, 5.74) is 20.1. The van der Waals surface area contributed by atoms with Gasteiger partial charge in [-0.05, 0) is 23.8 Å². The molecule has 1 aromatic carbocycles. The summed E-state index contributed by atoms with van der Waals surface area (Å²) in [6, 6.07) is 6.42. The van der Waals surface area contributed by atoms with Crippen molar-refractivity contribution in [2.45, 2.75) is 29.7 Å². The van der Waals surface area contributed by atoms with Crippen LogP contribution in [0.15, 0.2) is 45.4 Å². The minimum absolute atomic E-state index is 0.0282. The number of aliphatic hydroxyl groups is 1. The Kier molecular flexibility index (Phi) is 9.98. The largest absolute Gasteiger partial charge is 0.391 e. The summed E-state index contributed by atoms with van der Waals surface area (Å²) in [4.78, 5) is 4.05. The molecule has 0 bridgehead atoms. The highest BCUT2D eigenvalue weighted by atomic mass is 32.2. The van der Waals surface area contributed by atoms with Crippen molar-refractivity contribution in [1.82, 2.24) is 10.5 Å². The van der Waals surface area contributed by atoms with Gasteiger partial charge in [-0.25, -0.2) is 29.9 Å². The number of benzene rings is 1. The van der Waals surface area contributed by atoms with Gasteiger partial charge in [0, 0.05) is 34.5 Å². The fourth-order valence-electron chi connectivity index (χ4n) is 2.40. The topological polar surface area (TPSA) is 222 Å². The summed E-state index contributed by atoms with van der Waals surface area (Å²) >= 11 is 1.08. The molecule has 0 aliphatic rings. The second-order valence-electron chi connectivity index (χ2n) is 5.66. The summed E-state index contributed by atoms with van der Waals surface area (Å²) in [6.07, 6.45) is 0.648. The predicted octanol–water partition coefficient (Wildman–Crippen LogP) is -0.500. The molecule has 0 saturated carbocycles. The van der Waals surface area contributed by atoms with E-state index in [9.17, 15) is 13.5 Å². The number of thioether (sulfide) groups is 1. The SMILES string of the molecule is CC.NCC(O)CSc1ccc(-c2ccc(N)nc2)c(/C(N)=N/NN)c1S(N)(=O)=O. The van der Waals surface area contributed by atoms with E-state index in [2.05, 4.69) is 10.1 Å². The Morgan fingerprint density at radius 1 is 1.30 bits per heavy atom. The highest BCUT2D eigenvalue weighted by Gasteiger charge is 2.26. The molecule has 30 heavy (non-hydrogen) atoms. The van der Waals surface area contributed by atoms with Gasteiger partial charge in [-0.2, -0.15) is 0 Å². The maximum absolute atomic E-state index is 12.4. The number of nitrogens with two attached hydrogens (primary N) is 5. The summed E-state index contributed by atoms with van der Waals surface area (Å²) in [7, 11) is -4.23. The van der Waals surface area contributed by atoms with Gasteiger partial charge in [0.1, 0.15) is 10.7 Å². The van der Waals surface area contributed by atoms with Crippen molar-refractivity contribution >= 4 is 33.4 Å². The third-order valence-electron chi connectivity index (χ3n) is 3.65. The fraction of sp³-hybridized carbons (Fsp3) is 0.294. The first-order valence-corrected chi connectivity index (χ1v) is 11.4. The molecule has 0 radical (unpaired) electrons. The lowest BCUT2D eigenvalue weighted by Gasteiger charge is -2.18. The molecule has 2 aromatic rings. The molecule has 13 heteroatoms. The van der Waals surface area contributed by atoms with Gasteiger partial charge in [-0.15, -0.1) is 16.9 Å². The van der Waals surface area contributed by atoms with Gasteiger partial charge in [-0.1, -0.05) is 19.9 Å². The lowest BCUT2D eigenvalue weighted by molar-refractivity contribution is 0.208. The highest BCUT2D eigenvalue weighted by molar-refractivity contribution is 8.00. The molecule has 0 fully saturated rings. The van der Waals surface area contributed by atoms with Gasteiger partial charge in [0.15, 0.2) is 5.84 Å². The zero-order chi connectivity index (χ0) is 22.9. The summed E-state index contributed by atoms with van der Waals surface area (Å²) in [5, 5.41) is 18.9. The first kappa shape index (κ1) is 25.6. The zero-order valence-corrected chi connectivity index (χ0v) is 18.4. The molecule has 0 amide bonds. The van der Waals surface area contributed by atoms with Crippen LogP contribution in [0, 0.1) is 0 Å². The number of primary sulfonamides is 1. The fourth-order valence-corrected chi connectivity index (χ4v) is 4.68. The number of anilines is 1. The average molecular weight is 457 g/mol. The van der Waals surface area contributed by atoms with Crippen molar-refractivity contribution in [3.63, 3.8) is 0 Å². The number of aliphatic hydroxyl groups excluding tert-OH is 1. The van der Waals surface area contributed by atoms with Crippen LogP contribution >= 0.6 is 11.8 Å². The maximum atomic E-state index is 12.4. The second-order valence-corrected chi connectivity index (χ2v) is 8.22. The third kappa shape index (κ3) is 6.55. The number of aromatic nitrogens is 1. The summed E-state index contributed by atoms with van der Waals surface area (Å²) < 4.78 is 24.8. The first-order chi connectivity index (χ1) is 14.2. The number of hydrogen-bond acceptors (Lipinski definition) is 10. The van der Waals surface area contributed by atoms with E-state index in [0.717, 1.165) is 11.8 Å². The van der Waals surface area contributed by atoms with Crippen molar-refractivity contribution < 1.29 is 13.5 Å². The van der Waals surface area contributed by atoms with E-state index in [1.165, 1.54) is 6.20 Å². The Labute approximate surface area is 180 Å². The van der Waals surface area contributed by atoms with Gasteiger partial charge < -0.3 is 22.3 Å². The van der Waals surface area contributed by atoms with Crippen LogP contribution in [0.1, 0.15) is 19.4 Å². The van der Waals surface area contributed by atoms with Crippen LogP contribution in [0.2, 0.25) is 0 Å². The molecule has 0 aliphatic heterocycles. The Balaban J connectivity index is 0.00000218. The van der Waals surface area contributed by atoms with E-state index in [1.54, 1.807) is 24.3 Å². The van der Waals surface area contributed by atoms with Crippen molar-refractivity contribution in [2.24, 2.45) is 27.6 Å². The second kappa shape index (κ2) is 11.7. The highest BCUT2D eigenvalue weighted by Crippen LogP contribution is 2.35. The Morgan fingerprint density at radius 3 is 2.47 bits per heavy atom. The molecular weight excluding hydrogens is 428 g/mol. The number of hydrogen-bond donors (Lipinski definition) is 7. The molecule has 11 nitrogen and oxygen atoms in total. The van der Waals surface area contributed by atoms with Crippen LogP contribution in [0.5, 0.6) is 0 Å². The standard InChI is InChI=1S/C15H22N8O3S2.C2H6/c16-5-9(24)7-27-11-3-2-10(8-1-4-12(17)21-6-8)13(15(18)22-23-19)14(11)28(20,25)26;1-2/h1-4,6,9,23-24H,5,7,16,19H2,(H2,17,21)(H2,18,22)(H2,20,25,26);1-2H3. The van der Waals surface area contributed by atoms with E-state index >= 15 is 0 Å². The third-order valence-corrected chi connectivity index (χ3v) is 5.97. The van der Waals surface area contributed by atoms with Crippen molar-refractivity contribution in [1.29, 1.82) is 0 Å². The molecule has 0 spiro atoms. The van der Waals surface area contributed by atoms with Crippen LogP contribution in [0.25, 0.3) is 11.1 Å². The van der Waals surface area contributed by atoms with E-state index in [-0.39, 0.29) is 33.5 Å². The predicted molar refractivity (Wildman–Crippen MR) is 121 cm³/mol.